The Hall–Kier alpha value is -0.520. The van der Waals surface area contributed by atoms with Crippen molar-refractivity contribution in [3.05, 3.63) is 6.92 Å². The van der Waals surface area contributed by atoms with E-state index in [1.54, 1.807) is 13.8 Å². The van der Waals surface area contributed by atoms with Crippen LogP contribution in [-0.2, 0) is 0 Å². The van der Waals surface area contributed by atoms with Crippen LogP contribution in [0.25, 0.3) is 0 Å². The molecule has 2 nitrogen and oxygen atoms in total. The first-order valence-corrected chi connectivity index (χ1v) is 5.86. The number of hydrogen-bond donors (Lipinski definition) is 2. The molecule has 0 rings (SSSR count). The van der Waals surface area contributed by atoms with Crippen molar-refractivity contribution in [3.8, 4) is 11.8 Å². The predicted octanol–water partition coefficient (Wildman–Crippen LogP) is 2.40. The van der Waals surface area contributed by atoms with Crippen LogP contribution in [0.4, 0.5) is 0 Å². The topological polar surface area (TPSA) is 40.5 Å². The molecule has 16 heavy (non-hydrogen) atoms. The molecule has 0 aliphatic carbocycles. The van der Waals surface area contributed by atoms with E-state index in [2.05, 4.69) is 18.8 Å². The highest BCUT2D eigenvalue weighted by Crippen LogP contribution is 2.18. The first-order chi connectivity index (χ1) is 7.04. The summed E-state index contributed by atoms with van der Waals surface area (Å²) >= 11 is 0. The Labute approximate surface area is 100 Å². The molecular weight excluding hydrogens is 200 g/mol. The van der Waals surface area contributed by atoms with Gasteiger partial charge in [-0.1, -0.05) is 39.5 Å². The van der Waals surface area contributed by atoms with Crippen molar-refractivity contribution >= 4 is 0 Å². The summed E-state index contributed by atoms with van der Waals surface area (Å²) in [7, 11) is 0. The molecule has 2 N–H and O–H groups in total. The molecule has 0 saturated heterocycles. The van der Waals surface area contributed by atoms with Crippen LogP contribution in [0, 0.1) is 30.6 Å². The van der Waals surface area contributed by atoms with Crippen molar-refractivity contribution in [2.45, 2.75) is 58.7 Å². The summed E-state index contributed by atoms with van der Waals surface area (Å²) in [6.45, 7) is 13.2. The van der Waals surface area contributed by atoms with Gasteiger partial charge < -0.3 is 10.2 Å². The normalized spacial score (nSPS) is 18.9. The van der Waals surface area contributed by atoms with Gasteiger partial charge in [0.2, 0.25) is 0 Å². The molecular formula is C14H25O2. The van der Waals surface area contributed by atoms with Gasteiger partial charge >= 0.3 is 0 Å². The molecule has 0 heterocycles. The van der Waals surface area contributed by atoms with E-state index in [1.165, 1.54) is 0 Å². The first-order valence-electron chi connectivity index (χ1n) is 5.86. The maximum absolute atomic E-state index is 9.98. The fourth-order valence-corrected chi connectivity index (χ4v) is 1.84. The van der Waals surface area contributed by atoms with Gasteiger partial charge in [0, 0.05) is 0 Å². The molecule has 3 unspecified atom stereocenters. The molecule has 2 heteroatoms. The van der Waals surface area contributed by atoms with Crippen molar-refractivity contribution in [2.75, 3.05) is 0 Å². The molecule has 3 atom stereocenters. The molecule has 0 fully saturated rings. The quantitative estimate of drug-likeness (QED) is 0.721. The van der Waals surface area contributed by atoms with Crippen LogP contribution in [-0.4, -0.2) is 21.4 Å². The molecule has 0 saturated carbocycles. The lowest BCUT2D eigenvalue weighted by Gasteiger charge is -2.22. The van der Waals surface area contributed by atoms with E-state index < -0.39 is 11.2 Å². The van der Waals surface area contributed by atoms with Gasteiger partial charge in [-0.05, 0) is 38.5 Å². The van der Waals surface area contributed by atoms with E-state index in [9.17, 15) is 10.2 Å². The second-order valence-electron chi connectivity index (χ2n) is 5.70. The SMILES string of the molecule is [CH2]C(C)CC(C)(O)C#CC(C)(O)CC(C)C. The summed E-state index contributed by atoms with van der Waals surface area (Å²) in [5.41, 5.74) is -2.09. The summed E-state index contributed by atoms with van der Waals surface area (Å²) in [6.07, 6.45) is 1.12. The zero-order chi connectivity index (χ0) is 13.0. The molecule has 0 aliphatic rings. The first kappa shape index (κ1) is 15.5. The highest BCUT2D eigenvalue weighted by molar-refractivity contribution is 5.19. The van der Waals surface area contributed by atoms with Gasteiger partial charge in [-0.25, -0.2) is 0 Å². The maximum Gasteiger partial charge on any atom is 0.123 e. The zero-order valence-electron chi connectivity index (χ0n) is 11.2. The third-order valence-corrected chi connectivity index (χ3v) is 2.15. The van der Waals surface area contributed by atoms with Gasteiger partial charge in [0.15, 0.2) is 0 Å². The van der Waals surface area contributed by atoms with Gasteiger partial charge in [0.25, 0.3) is 0 Å². The molecule has 1 radical (unpaired) electrons. The third-order valence-electron chi connectivity index (χ3n) is 2.15. The van der Waals surface area contributed by atoms with E-state index in [0.717, 1.165) is 0 Å². The zero-order valence-corrected chi connectivity index (χ0v) is 11.2. The lowest BCUT2D eigenvalue weighted by atomic mass is 9.91. The Balaban J connectivity index is 4.57. The van der Waals surface area contributed by atoms with Crippen LogP contribution in [0.3, 0.4) is 0 Å². The minimum atomic E-state index is -1.07. The van der Waals surface area contributed by atoms with E-state index in [-0.39, 0.29) is 5.92 Å². The van der Waals surface area contributed by atoms with Crippen molar-refractivity contribution in [1.29, 1.82) is 0 Å². The Morgan fingerprint density at radius 2 is 1.38 bits per heavy atom. The van der Waals surface area contributed by atoms with Crippen LogP contribution < -0.4 is 0 Å². The molecule has 0 aromatic carbocycles. The Kier molecular flexibility index (Phi) is 5.52. The molecule has 0 spiro atoms. The Morgan fingerprint density at radius 1 is 1.00 bits per heavy atom. The second kappa shape index (κ2) is 5.70. The largest absolute Gasteiger partial charge is 0.378 e. The van der Waals surface area contributed by atoms with Crippen molar-refractivity contribution in [3.63, 3.8) is 0 Å². The van der Waals surface area contributed by atoms with Gasteiger partial charge in [-0.15, -0.1) is 0 Å². The van der Waals surface area contributed by atoms with E-state index in [0.29, 0.717) is 18.8 Å². The standard InChI is InChI=1S/C14H25O2/c1-11(2)9-13(5,15)7-8-14(6,16)10-12(3)4/h11-12,15-16H,1,9-10H2,2-6H3. The van der Waals surface area contributed by atoms with E-state index >= 15 is 0 Å². The van der Waals surface area contributed by atoms with E-state index in [1.807, 2.05) is 20.8 Å². The Morgan fingerprint density at radius 3 is 1.69 bits per heavy atom. The minimum absolute atomic E-state index is 0.138. The lowest BCUT2D eigenvalue weighted by Crippen LogP contribution is -2.28. The molecule has 0 aromatic heterocycles. The third kappa shape index (κ3) is 7.73. The van der Waals surface area contributed by atoms with Crippen molar-refractivity contribution in [2.24, 2.45) is 11.8 Å². The summed E-state index contributed by atoms with van der Waals surface area (Å²) in [5, 5.41) is 19.9. The summed E-state index contributed by atoms with van der Waals surface area (Å²) in [5.74, 6) is 6.03. The van der Waals surface area contributed by atoms with Crippen LogP contribution in [0.5, 0.6) is 0 Å². The molecule has 93 valence electrons. The highest BCUT2D eigenvalue weighted by atomic mass is 16.3. The summed E-state index contributed by atoms with van der Waals surface area (Å²) in [4.78, 5) is 0. The number of aliphatic hydroxyl groups is 2. The number of hydrogen-bond acceptors (Lipinski definition) is 2. The highest BCUT2D eigenvalue weighted by Gasteiger charge is 2.22. The van der Waals surface area contributed by atoms with Crippen LogP contribution in [0.1, 0.15) is 47.5 Å². The maximum atomic E-state index is 9.98. The molecule has 0 aromatic rings. The van der Waals surface area contributed by atoms with Gasteiger partial charge in [-0.2, -0.15) is 0 Å². The predicted molar refractivity (Wildman–Crippen MR) is 67.6 cm³/mol. The van der Waals surface area contributed by atoms with Crippen molar-refractivity contribution in [1.82, 2.24) is 0 Å². The second-order valence-corrected chi connectivity index (χ2v) is 5.70. The fraction of sp³-hybridized carbons (Fsp3) is 0.786. The van der Waals surface area contributed by atoms with Gasteiger partial charge in [0.1, 0.15) is 11.2 Å². The van der Waals surface area contributed by atoms with Gasteiger partial charge in [0.05, 0.1) is 0 Å². The molecule has 0 aliphatic heterocycles. The number of rotatable bonds is 4. The van der Waals surface area contributed by atoms with E-state index in [4.69, 9.17) is 0 Å². The van der Waals surface area contributed by atoms with Crippen LogP contribution in [0.2, 0.25) is 0 Å². The summed E-state index contributed by atoms with van der Waals surface area (Å²) < 4.78 is 0. The monoisotopic (exact) mass is 225 g/mol. The minimum Gasteiger partial charge on any atom is -0.378 e. The fourth-order valence-electron chi connectivity index (χ4n) is 1.84. The average Bonchev–Trinajstić information content (AvgIpc) is 1.96. The van der Waals surface area contributed by atoms with Gasteiger partial charge in [-0.3, -0.25) is 0 Å². The smallest absolute Gasteiger partial charge is 0.123 e. The Bertz CT molecular complexity index is 238. The molecule has 0 bridgehead atoms. The molecule has 0 amide bonds. The van der Waals surface area contributed by atoms with Crippen molar-refractivity contribution < 1.29 is 10.2 Å². The summed E-state index contributed by atoms with van der Waals surface area (Å²) in [6, 6.07) is 0. The lowest BCUT2D eigenvalue weighted by molar-refractivity contribution is 0.0875. The van der Waals surface area contributed by atoms with Crippen LogP contribution in [0.15, 0.2) is 0 Å². The van der Waals surface area contributed by atoms with Crippen LogP contribution >= 0.6 is 0 Å². The average molecular weight is 225 g/mol.